The fourth-order valence-electron chi connectivity index (χ4n) is 5.21. The van der Waals surface area contributed by atoms with E-state index in [-0.39, 0.29) is 45.9 Å². The standard InChI is InChI=1S/C30H32ClF3N2O6S/c1-2-3-4-5-13-35-29(16-18(17-29)28(38)36-43(39,40)20-10-11-20)42-26-14-19(30(32,33)34)9-12-22(26)25-15-24(37)21-7-6-8-23(31)27(21)41-25/h6-9,12,14-15,18,20,35H,2-5,10-11,13,16-17H2,1H3,(H,36,38)/t18-,29+. The summed E-state index contributed by atoms with van der Waals surface area (Å²) in [5, 5.41) is 3.06. The molecule has 43 heavy (non-hydrogen) atoms. The molecule has 232 valence electrons. The molecule has 2 aromatic carbocycles. The van der Waals surface area contributed by atoms with Gasteiger partial charge >= 0.3 is 6.18 Å². The lowest BCUT2D eigenvalue weighted by atomic mass is 9.75. The fraction of sp³-hybridized carbons (Fsp3) is 0.467. The van der Waals surface area contributed by atoms with Gasteiger partial charge in [-0.2, -0.15) is 13.2 Å². The first-order chi connectivity index (χ1) is 20.3. The Balaban J connectivity index is 1.48. The van der Waals surface area contributed by atoms with E-state index in [4.69, 9.17) is 20.8 Å². The number of hydrogen-bond donors (Lipinski definition) is 2. The summed E-state index contributed by atoms with van der Waals surface area (Å²) in [5.74, 6) is -1.66. The number of amides is 1. The summed E-state index contributed by atoms with van der Waals surface area (Å²) in [6, 6.07) is 8.67. The van der Waals surface area contributed by atoms with Crippen LogP contribution in [0.4, 0.5) is 13.2 Å². The Bertz CT molecular complexity index is 1680. The van der Waals surface area contributed by atoms with E-state index in [1.165, 1.54) is 24.3 Å². The van der Waals surface area contributed by atoms with Gasteiger partial charge in [-0.05, 0) is 56.1 Å². The molecule has 1 amide bonds. The van der Waals surface area contributed by atoms with Crippen LogP contribution >= 0.6 is 11.6 Å². The van der Waals surface area contributed by atoms with Crippen LogP contribution in [0.3, 0.4) is 0 Å². The first-order valence-electron chi connectivity index (χ1n) is 14.3. The van der Waals surface area contributed by atoms with Crippen LogP contribution in [-0.4, -0.2) is 31.8 Å². The summed E-state index contributed by atoms with van der Waals surface area (Å²) < 4.78 is 80.4. The van der Waals surface area contributed by atoms with Crippen LogP contribution in [0, 0.1) is 5.92 Å². The highest BCUT2D eigenvalue weighted by Crippen LogP contribution is 2.45. The van der Waals surface area contributed by atoms with E-state index in [2.05, 4.69) is 17.0 Å². The van der Waals surface area contributed by atoms with Gasteiger partial charge in [0.25, 0.3) is 0 Å². The maximum atomic E-state index is 13.8. The number of unbranched alkanes of at least 4 members (excludes halogenated alkanes) is 3. The van der Waals surface area contributed by atoms with Crippen molar-refractivity contribution in [2.75, 3.05) is 6.54 Å². The molecule has 0 radical (unpaired) electrons. The van der Waals surface area contributed by atoms with Gasteiger partial charge in [0, 0.05) is 24.8 Å². The van der Waals surface area contributed by atoms with E-state index in [9.17, 15) is 31.2 Å². The number of carbonyl (C=O) groups excluding carboxylic acids is 1. The van der Waals surface area contributed by atoms with Crippen molar-refractivity contribution >= 4 is 38.5 Å². The van der Waals surface area contributed by atoms with Gasteiger partial charge in [0.05, 0.1) is 26.8 Å². The number of alkyl halides is 3. The maximum absolute atomic E-state index is 13.8. The highest BCUT2D eigenvalue weighted by Gasteiger charge is 2.51. The molecule has 0 aliphatic heterocycles. The number of hydrogen-bond acceptors (Lipinski definition) is 7. The van der Waals surface area contributed by atoms with Gasteiger partial charge in [-0.1, -0.05) is 43.9 Å². The van der Waals surface area contributed by atoms with Gasteiger partial charge in [0.1, 0.15) is 11.5 Å². The molecule has 0 atom stereocenters. The van der Waals surface area contributed by atoms with Gasteiger partial charge in [0.2, 0.25) is 15.9 Å². The largest absolute Gasteiger partial charge is 0.472 e. The summed E-state index contributed by atoms with van der Waals surface area (Å²) in [6.45, 7) is 2.53. The molecule has 1 aromatic heterocycles. The Labute approximate surface area is 252 Å². The number of sulfonamides is 1. The molecule has 0 saturated heterocycles. The van der Waals surface area contributed by atoms with E-state index in [1.54, 1.807) is 6.07 Å². The summed E-state index contributed by atoms with van der Waals surface area (Å²) in [7, 11) is -3.76. The molecule has 2 fully saturated rings. The summed E-state index contributed by atoms with van der Waals surface area (Å²) in [6.07, 6.45) is 0.0351. The lowest BCUT2D eigenvalue weighted by Crippen LogP contribution is -2.62. The predicted octanol–water partition coefficient (Wildman–Crippen LogP) is 6.40. The number of halogens is 4. The molecule has 2 aliphatic rings. The number of rotatable bonds is 12. The Hall–Kier alpha value is -3.09. The van der Waals surface area contributed by atoms with Crippen LogP contribution in [0.5, 0.6) is 5.75 Å². The Morgan fingerprint density at radius 1 is 1.12 bits per heavy atom. The molecule has 2 N–H and O–H groups in total. The van der Waals surface area contributed by atoms with Crippen LogP contribution in [0.15, 0.2) is 51.7 Å². The zero-order valence-electron chi connectivity index (χ0n) is 23.4. The van der Waals surface area contributed by atoms with Gasteiger partial charge in [-0.3, -0.25) is 19.6 Å². The second-order valence-corrected chi connectivity index (χ2v) is 13.6. The van der Waals surface area contributed by atoms with Crippen LogP contribution in [0.25, 0.3) is 22.3 Å². The van der Waals surface area contributed by atoms with E-state index in [0.29, 0.717) is 19.4 Å². The monoisotopic (exact) mass is 640 g/mol. The quantitative estimate of drug-likeness (QED) is 0.174. The van der Waals surface area contributed by atoms with Crippen molar-refractivity contribution in [3.05, 3.63) is 63.3 Å². The van der Waals surface area contributed by atoms with Crippen LogP contribution in [0.1, 0.15) is 63.9 Å². The second-order valence-electron chi connectivity index (χ2n) is 11.2. The summed E-state index contributed by atoms with van der Waals surface area (Å²) >= 11 is 6.26. The molecular formula is C30H32ClF3N2O6S. The third-order valence-corrected chi connectivity index (χ3v) is 9.93. The molecule has 0 unspecified atom stereocenters. The Kier molecular flexibility index (Phi) is 8.84. The number of nitrogens with one attached hydrogen (secondary N) is 2. The van der Waals surface area contributed by atoms with Crippen LogP contribution < -0.4 is 20.2 Å². The molecule has 5 rings (SSSR count). The molecule has 1 heterocycles. The molecule has 0 spiro atoms. The average Bonchev–Trinajstić information content (AvgIpc) is 3.77. The highest BCUT2D eigenvalue weighted by atomic mass is 35.5. The van der Waals surface area contributed by atoms with Crippen molar-refractivity contribution in [2.45, 2.75) is 75.4 Å². The second kappa shape index (κ2) is 12.1. The van der Waals surface area contributed by atoms with Crippen LogP contribution in [0.2, 0.25) is 5.02 Å². The lowest BCUT2D eigenvalue weighted by Gasteiger charge is -2.47. The molecule has 2 saturated carbocycles. The van der Waals surface area contributed by atoms with E-state index >= 15 is 0 Å². The van der Waals surface area contributed by atoms with Crippen molar-refractivity contribution in [1.29, 1.82) is 0 Å². The minimum absolute atomic E-state index is 0.0238. The van der Waals surface area contributed by atoms with E-state index in [0.717, 1.165) is 37.8 Å². The number of carbonyl (C=O) groups is 1. The van der Waals surface area contributed by atoms with Crippen molar-refractivity contribution in [3.63, 3.8) is 0 Å². The van der Waals surface area contributed by atoms with Crippen molar-refractivity contribution < 1.29 is 35.5 Å². The minimum Gasteiger partial charge on any atom is -0.472 e. The van der Waals surface area contributed by atoms with Crippen molar-refractivity contribution in [2.24, 2.45) is 5.92 Å². The highest BCUT2D eigenvalue weighted by molar-refractivity contribution is 7.90. The fourth-order valence-corrected chi connectivity index (χ4v) is 6.79. The van der Waals surface area contributed by atoms with Crippen molar-refractivity contribution in [3.8, 4) is 17.1 Å². The Morgan fingerprint density at radius 3 is 2.53 bits per heavy atom. The minimum atomic E-state index is -4.69. The summed E-state index contributed by atoms with van der Waals surface area (Å²) in [4.78, 5) is 25.7. The number of para-hydroxylation sites is 1. The first kappa shape index (κ1) is 31.3. The predicted molar refractivity (Wildman–Crippen MR) is 156 cm³/mol. The van der Waals surface area contributed by atoms with E-state index in [1.807, 2.05) is 0 Å². The molecule has 2 aliphatic carbocycles. The number of ether oxygens (including phenoxy) is 1. The van der Waals surface area contributed by atoms with Gasteiger partial charge in [-0.25, -0.2) is 8.42 Å². The number of benzene rings is 2. The third kappa shape index (κ3) is 7.02. The SMILES string of the molecule is CCCCCCN[C@]1(Oc2cc(C(F)(F)F)ccc2-c2cc(=O)c3cccc(Cl)c3o2)C[C@@H](C(=O)NS(=O)(=O)C2CC2)C1. The molecule has 13 heteroatoms. The third-order valence-electron chi connectivity index (χ3n) is 7.79. The average molecular weight is 641 g/mol. The molecular weight excluding hydrogens is 609 g/mol. The zero-order chi connectivity index (χ0) is 31.0. The maximum Gasteiger partial charge on any atom is 0.416 e. The van der Waals surface area contributed by atoms with Gasteiger partial charge in [0.15, 0.2) is 16.7 Å². The zero-order valence-corrected chi connectivity index (χ0v) is 25.0. The van der Waals surface area contributed by atoms with Crippen molar-refractivity contribution in [1.82, 2.24) is 10.0 Å². The Morgan fingerprint density at radius 2 is 1.86 bits per heavy atom. The lowest BCUT2D eigenvalue weighted by molar-refractivity contribution is -0.140. The number of fused-ring (bicyclic) bond motifs is 1. The molecule has 0 bridgehead atoms. The van der Waals surface area contributed by atoms with Gasteiger partial charge in [-0.15, -0.1) is 0 Å². The first-order valence-corrected chi connectivity index (χ1v) is 16.2. The molecule has 8 nitrogen and oxygen atoms in total. The normalized spacial score (nSPS) is 20.5. The molecule has 3 aromatic rings. The van der Waals surface area contributed by atoms with Gasteiger partial charge < -0.3 is 9.15 Å². The van der Waals surface area contributed by atoms with E-state index < -0.39 is 50.0 Å². The van der Waals surface area contributed by atoms with Crippen LogP contribution in [-0.2, 0) is 21.0 Å². The summed E-state index contributed by atoms with van der Waals surface area (Å²) in [5.41, 5.74) is -2.51. The topological polar surface area (TPSA) is 115 Å². The smallest absolute Gasteiger partial charge is 0.416 e.